The number of para-hydroxylation sites is 1. The third-order valence-electron chi connectivity index (χ3n) is 4.15. The van der Waals surface area contributed by atoms with E-state index in [1.807, 2.05) is 6.07 Å². The van der Waals surface area contributed by atoms with Crippen molar-refractivity contribution in [1.82, 2.24) is 10.2 Å². The van der Waals surface area contributed by atoms with Crippen LogP contribution in [0.25, 0.3) is 0 Å². The van der Waals surface area contributed by atoms with Crippen molar-refractivity contribution < 1.29 is 4.74 Å². The van der Waals surface area contributed by atoms with E-state index >= 15 is 0 Å². The predicted octanol–water partition coefficient (Wildman–Crippen LogP) is 2.91. The molecular weight excluding hydrogens is 248 g/mol. The second kappa shape index (κ2) is 8.28. The maximum absolute atomic E-state index is 5.44. The van der Waals surface area contributed by atoms with Gasteiger partial charge in [-0.25, -0.2) is 0 Å². The van der Waals surface area contributed by atoms with Crippen LogP contribution in [0.5, 0.6) is 5.75 Å². The highest BCUT2D eigenvalue weighted by Gasteiger charge is 2.19. The summed E-state index contributed by atoms with van der Waals surface area (Å²) in [5.74, 6) is 1.87. The molecule has 0 spiro atoms. The van der Waals surface area contributed by atoms with Gasteiger partial charge in [0.15, 0.2) is 0 Å². The number of piperidine rings is 1. The third kappa shape index (κ3) is 4.50. The summed E-state index contributed by atoms with van der Waals surface area (Å²) in [6.45, 7) is 7.99. The van der Waals surface area contributed by atoms with E-state index in [9.17, 15) is 0 Å². The van der Waals surface area contributed by atoms with Crippen LogP contribution in [0, 0.1) is 5.92 Å². The van der Waals surface area contributed by atoms with Crippen LogP contribution in [0.3, 0.4) is 0 Å². The molecule has 0 bridgehead atoms. The minimum Gasteiger partial charge on any atom is -0.496 e. The molecule has 1 saturated heterocycles. The van der Waals surface area contributed by atoms with Crippen molar-refractivity contribution in [3.05, 3.63) is 29.8 Å². The van der Waals surface area contributed by atoms with Crippen LogP contribution in [-0.2, 0) is 6.54 Å². The summed E-state index contributed by atoms with van der Waals surface area (Å²) in [6, 6.07) is 8.36. The molecule has 1 aliphatic rings. The van der Waals surface area contributed by atoms with Crippen molar-refractivity contribution in [2.24, 2.45) is 5.92 Å². The second-order valence-corrected chi connectivity index (χ2v) is 5.74. The van der Waals surface area contributed by atoms with Crippen LogP contribution in [0.2, 0.25) is 0 Å². The first-order chi connectivity index (χ1) is 9.83. The van der Waals surface area contributed by atoms with Gasteiger partial charge in [-0.05, 0) is 57.4 Å². The van der Waals surface area contributed by atoms with Gasteiger partial charge in [0.2, 0.25) is 0 Å². The van der Waals surface area contributed by atoms with Crippen LogP contribution in [0.4, 0.5) is 0 Å². The number of likely N-dealkylation sites (tertiary alicyclic amines) is 1. The fourth-order valence-corrected chi connectivity index (χ4v) is 2.91. The molecule has 0 aliphatic carbocycles. The van der Waals surface area contributed by atoms with Crippen LogP contribution in [0.1, 0.15) is 31.7 Å². The summed E-state index contributed by atoms with van der Waals surface area (Å²) in [5.41, 5.74) is 1.30. The molecule has 0 atom stereocenters. The molecule has 2 rings (SSSR count). The predicted molar refractivity (Wildman–Crippen MR) is 84.2 cm³/mol. The molecule has 0 unspecified atom stereocenters. The zero-order valence-corrected chi connectivity index (χ0v) is 12.9. The van der Waals surface area contributed by atoms with Crippen molar-refractivity contribution in [3.63, 3.8) is 0 Å². The maximum atomic E-state index is 5.44. The van der Waals surface area contributed by atoms with Crippen LogP contribution >= 0.6 is 0 Å². The summed E-state index contributed by atoms with van der Waals surface area (Å²) < 4.78 is 5.44. The molecule has 0 radical (unpaired) electrons. The van der Waals surface area contributed by atoms with Gasteiger partial charge in [0.1, 0.15) is 5.75 Å². The molecular formula is C17H28N2O. The van der Waals surface area contributed by atoms with E-state index in [4.69, 9.17) is 4.74 Å². The van der Waals surface area contributed by atoms with Crippen molar-refractivity contribution in [2.75, 3.05) is 33.3 Å². The minimum atomic E-state index is 0.857. The Balaban J connectivity index is 1.76. The average Bonchev–Trinajstić information content (AvgIpc) is 2.50. The third-order valence-corrected chi connectivity index (χ3v) is 4.15. The molecule has 1 aromatic carbocycles. The van der Waals surface area contributed by atoms with E-state index in [2.05, 4.69) is 35.3 Å². The SMILES string of the molecule is CCCNCC1CCN(Cc2ccccc2OC)CC1. The molecule has 0 amide bonds. The first-order valence-corrected chi connectivity index (χ1v) is 7.88. The zero-order valence-electron chi connectivity index (χ0n) is 12.9. The Labute approximate surface area is 123 Å². The monoisotopic (exact) mass is 276 g/mol. The molecule has 1 fully saturated rings. The quantitative estimate of drug-likeness (QED) is 0.775. The number of rotatable bonds is 7. The highest BCUT2D eigenvalue weighted by molar-refractivity contribution is 5.33. The summed E-state index contributed by atoms with van der Waals surface area (Å²) in [7, 11) is 1.75. The van der Waals surface area contributed by atoms with Gasteiger partial charge in [0.05, 0.1) is 7.11 Å². The maximum Gasteiger partial charge on any atom is 0.123 e. The summed E-state index contributed by atoms with van der Waals surface area (Å²) in [5, 5.41) is 3.55. The summed E-state index contributed by atoms with van der Waals surface area (Å²) in [4.78, 5) is 2.55. The van der Waals surface area contributed by atoms with Crippen LogP contribution in [0.15, 0.2) is 24.3 Å². The van der Waals surface area contributed by atoms with E-state index in [1.54, 1.807) is 7.11 Å². The molecule has 1 aromatic rings. The lowest BCUT2D eigenvalue weighted by atomic mass is 9.96. The minimum absolute atomic E-state index is 0.857. The van der Waals surface area contributed by atoms with Gasteiger partial charge in [0.25, 0.3) is 0 Å². The molecule has 1 heterocycles. The van der Waals surface area contributed by atoms with Crippen LogP contribution < -0.4 is 10.1 Å². The lowest BCUT2D eigenvalue weighted by Gasteiger charge is -2.32. The summed E-state index contributed by atoms with van der Waals surface area (Å²) in [6.07, 6.45) is 3.85. The fourth-order valence-electron chi connectivity index (χ4n) is 2.91. The highest BCUT2D eigenvalue weighted by atomic mass is 16.5. The van der Waals surface area contributed by atoms with Crippen molar-refractivity contribution in [1.29, 1.82) is 0 Å². The Bertz CT molecular complexity index is 386. The van der Waals surface area contributed by atoms with Crippen molar-refractivity contribution in [3.8, 4) is 5.75 Å². The average molecular weight is 276 g/mol. The van der Waals surface area contributed by atoms with Gasteiger partial charge in [-0.3, -0.25) is 4.90 Å². The van der Waals surface area contributed by atoms with Gasteiger partial charge in [-0.1, -0.05) is 25.1 Å². The Hall–Kier alpha value is -1.06. The van der Waals surface area contributed by atoms with Gasteiger partial charge in [-0.15, -0.1) is 0 Å². The highest BCUT2D eigenvalue weighted by Crippen LogP contribution is 2.23. The smallest absolute Gasteiger partial charge is 0.123 e. The Morgan fingerprint density at radius 2 is 2.00 bits per heavy atom. The van der Waals surface area contributed by atoms with Gasteiger partial charge in [0, 0.05) is 12.1 Å². The van der Waals surface area contributed by atoms with Gasteiger partial charge < -0.3 is 10.1 Å². The number of hydrogen-bond donors (Lipinski definition) is 1. The number of ether oxygens (including phenoxy) is 1. The lowest BCUT2D eigenvalue weighted by molar-refractivity contribution is 0.174. The number of nitrogens with zero attached hydrogens (tertiary/aromatic N) is 1. The van der Waals surface area contributed by atoms with Gasteiger partial charge >= 0.3 is 0 Å². The topological polar surface area (TPSA) is 24.5 Å². The largest absolute Gasteiger partial charge is 0.496 e. The summed E-state index contributed by atoms with van der Waals surface area (Å²) >= 11 is 0. The van der Waals surface area contributed by atoms with Crippen molar-refractivity contribution in [2.45, 2.75) is 32.7 Å². The number of nitrogens with one attached hydrogen (secondary N) is 1. The molecule has 112 valence electrons. The number of methoxy groups -OCH3 is 1. The van der Waals surface area contributed by atoms with Crippen molar-refractivity contribution >= 4 is 0 Å². The molecule has 20 heavy (non-hydrogen) atoms. The Morgan fingerprint density at radius 3 is 2.70 bits per heavy atom. The molecule has 3 nitrogen and oxygen atoms in total. The fraction of sp³-hybridized carbons (Fsp3) is 0.647. The molecule has 3 heteroatoms. The van der Waals surface area contributed by atoms with Crippen LogP contribution in [-0.4, -0.2) is 38.2 Å². The normalized spacial score (nSPS) is 17.3. The van der Waals surface area contributed by atoms with Gasteiger partial charge in [-0.2, -0.15) is 0 Å². The molecule has 1 N–H and O–H groups in total. The second-order valence-electron chi connectivity index (χ2n) is 5.74. The van der Waals surface area contributed by atoms with E-state index in [-0.39, 0.29) is 0 Å². The van der Waals surface area contributed by atoms with E-state index < -0.39 is 0 Å². The Kier molecular flexibility index (Phi) is 6.34. The van der Waals surface area contributed by atoms with E-state index in [1.165, 1.54) is 44.5 Å². The molecule has 0 saturated carbocycles. The molecule has 1 aliphatic heterocycles. The number of benzene rings is 1. The zero-order chi connectivity index (χ0) is 14.2. The Morgan fingerprint density at radius 1 is 1.25 bits per heavy atom. The first-order valence-electron chi connectivity index (χ1n) is 7.88. The lowest BCUT2D eigenvalue weighted by Crippen LogP contribution is -2.37. The number of hydrogen-bond acceptors (Lipinski definition) is 3. The van der Waals surface area contributed by atoms with E-state index in [0.717, 1.165) is 24.8 Å². The first kappa shape index (κ1) is 15.3. The van der Waals surface area contributed by atoms with E-state index in [0.29, 0.717) is 0 Å². The standard InChI is InChI=1S/C17H28N2O/c1-3-10-18-13-15-8-11-19(12-9-15)14-16-6-4-5-7-17(16)20-2/h4-7,15,18H,3,8-14H2,1-2H3. The molecule has 0 aromatic heterocycles.